The normalized spacial score (nSPS) is 19.9. The molecular weight excluding hydrogens is 336 g/mol. The first-order chi connectivity index (χ1) is 13.4. The van der Waals surface area contributed by atoms with Gasteiger partial charge in [-0.15, -0.1) is 0 Å². The molecule has 1 saturated heterocycles. The maximum Gasteiger partial charge on any atom is 0.145 e. The highest BCUT2D eigenvalue weighted by Crippen LogP contribution is 2.28. The summed E-state index contributed by atoms with van der Waals surface area (Å²) in [6.07, 6.45) is 13.4. The lowest BCUT2D eigenvalue weighted by molar-refractivity contribution is -0.0566. The summed E-state index contributed by atoms with van der Waals surface area (Å²) in [5, 5.41) is 0. The van der Waals surface area contributed by atoms with Crippen molar-refractivity contribution in [2.75, 3.05) is 13.1 Å². The van der Waals surface area contributed by atoms with Gasteiger partial charge in [-0.25, -0.2) is 0 Å². The number of rotatable bonds is 6. The molecule has 27 heavy (non-hydrogen) atoms. The van der Waals surface area contributed by atoms with Crippen molar-refractivity contribution in [1.82, 2.24) is 9.88 Å². The van der Waals surface area contributed by atoms with Crippen LogP contribution in [0, 0.1) is 0 Å². The largest absolute Gasteiger partial charge is 0.455 e. The van der Waals surface area contributed by atoms with Crippen molar-refractivity contribution in [3.8, 4) is 11.5 Å². The fourth-order valence-corrected chi connectivity index (χ4v) is 4.19. The van der Waals surface area contributed by atoms with Gasteiger partial charge < -0.3 is 9.47 Å². The molecule has 144 valence electrons. The van der Waals surface area contributed by atoms with E-state index in [0.717, 1.165) is 44.0 Å². The van der Waals surface area contributed by atoms with E-state index in [1.807, 2.05) is 24.3 Å². The second-order valence-electron chi connectivity index (χ2n) is 7.77. The monoisotopic (exact) mass is 366 g/mol. The number of hydrogen-bond donors (Lipinski definition) is 0. The fourth-order valence-electron chi connectivity index (χ4n) is 4.19. The minimum Gasteiger partial charge on any atom is -0.455 e. The Labute approximate surface area is 162 Å². The van der Waals surface area contributed by atoms with Crippen LogP contribution in [-0.2, 0) is 11.3 Å². The zero-order valence-corrected chi connectivity index (χ0v) is 16.1. The van der Waals surface area contributed by atoms with E-state index in [4.69, 9.17) is 9.47 Å². The van der Waals surface area contributed by atoms with Crippen LogP contribution in [0.4, 0.5) is 0 Å². The number of para-hydroxylation sites is 1. The third-order valence-electron chi connectivity index (χ3n) is 5.70. The number of nitrogens with zero attached hydrogens (tertiary/aromatic N) is 2. The zero-order valence-electron chi connectivity index (χ0n) is 16.1. The number of likely N-dealkylation sites (tertiary alicyclic amines) is 1. The molecule has 0 atom stereocenters. The minimum atomic E-state index is 0.450. The van der Waals surface area contributed by atoms with Crippen LogP contribution in [0.3, 0.4) is 0 Å². The molecule has 0 unspecified atom stereocenters. The first-order valence-electron chi connectivity index (χ1n) is 10.4. The Morgan fingerprint density at radius 3 is 2.44 bits per heavy atom. The molecule has 0 bridgehead atoms. The van der Waals surface area contributed by atoms with Gasteiger partial charge in [0.1, 0.15) is 11.5 Å². The van der Waals surface area contributed by atoms with E-state index in [-0.39, 0.29) is 0 Å². The Balaban J connectivity index is 1.30. The summed E-state index contributed by atoms with van der Waals surface area (Å²) in [5.41, 5.74) is 1.23. The molecule has 4 nitrogen and oxygen atoms in total. The molecule has 1 aromatic carbocycles. The van der Waals surface area contributed by atoms with Crippen LogP contribution in [0.2, 0.25) is 0 Å². The number of ether oxygens (including phenoxy) is 2. The third kappa shape index (κ3) is 5.30. The highest BCUT2D eigenvalue weighted by Gasteiger charge is 2.24. The predicted molar refractivity (Wildman–Crippen MR) is 107 cm³/mol. The molecule has 1 aromatic heterocycles. The molecule has 1 aliphatic carbocycles. The van der Waals surface area contributed by atoms with Crippen molar-refractivity contribution < 1.29 is 9.47 Å². The van der Waals surface area contributed by atoms with Gasteiger partial charge in [0, 0.05) is 31.4 Å². The zero-order chi connectivity index (χ0) is 18.3. The van der Waals surface area contributed by atoms with Crippen LogP contribution in [0.1, 0.15) is 50.5 Å². The minimum absolute atomic E-state index is 0.450. The van der Waals surface area contributed by atoms with Crippen molar-refractivity contribution >= 4 is 0 Å². The van der Waals surface area contributed by atoms with Gasteiger partial charge in [0.25, 0.3) is 0 Å². The standard InChI is InChI=1S/C23H30N2O2/c1-2-8-20(9-3-1)26-21-12-15-25(16-13-21)18-19-7-4-5-11-23(19)27-22-10-6-14-24-17-22/h4-7,10-11,14,17,20-21H,1-3,8-9,12-13,15-16,18H2. The lowest BCUT2D eigenvalue weighted by Crippen LogP contribution is -2.38. The van der Waals surface area contributed by atoms with Crippen molar-refractivity contribution in [1.29, 1.82) is 0 Å². The molecule has 0 radical (unpaired) electrons. The average Bonchev–Trinajstić information content (AvgIpc) is 2.72. The first-order valence-corrected chi connectivity index (χ1v) is 10.4. The van der Waals surface area contributed by atoms with Crippen molar-refractivity contribution in [3.05, 3.63) is 54.4 Å². The van der Waals surface area contributed by atoms with Gasteiger partial charge in [0.15, 0.2) is 0 Å². The lowest BCUT2D eigenvalue weighted by Gasteiger charge is -2.35. The molecule has 0 amide bonds. The first kappa shape index (κ1) is 18.5. The predicted octanol–water partition coefficient (Wildman–Crippen LogP) is 5.19. The quantitative estimate of drug-likeness (QED) is 0.705. The maximum absolute atomic E-state index is 6.38. The second-order valence-corrected chi connectivity index (χ2v) is 7.77. The van der Waals surface area contributed by atoms with Crippen LogP contribution in [0.15, 0.2) is 48.8 Å². The van der Waals surface area contributed by atoms with E-state index in [2.05, 4.69) is 22.0 Å². The van der Waals surface area contributed by atoms with Gasteiger partial charge in [0.05, 0.1) is 18.4 Å². The summed E-state index contributed by atoms with van der Waals surface area (Å²) >= 11 is 0. The molecule has 2 fully saturated rings. The van der Waals surface area contributed by atoms with Crippen LogP contribution in [0.5, 0.6) is 11.5 Å². The Morgan fingerprint density at radius 1 is 0.889 bits per heavy atom. The van der Waals surface area contributed by atoms with E-state index < -0.39 is 0 Å². The fraction of sp³-hybridized carbons (Fsp3) is 0.522. The Kier molecular flexibility index (Phi) is 6.38. The smallest absolute Gasteiger partial charge is 0.145 e. The van der Waals surface area contributed by atoms with Gasteiger partial charge in [-0.05, 0) is 43.9 Å². The van der Waals surface area contributed by atoms with Gasteiger partial charge in [-0.1, -0.05) is 37.5 Å². The number of hydrogen-bond acceptors (Lipinski definition) is 4. The molecule has 0 N–H and O–H groups in total. The number of aromatic nitrogens is 1. The SMILES string of the molecule is c1cncc(Oc2ccccc2CN2CCC(OC3CCCCC3)CC2)c1. The van der Waals surface area contributed by atoms with Crippen LogP contribution < -0.4 is 4.74 Å². The van der Waals surface area contributed by atoms with E-state index in [1.54, 1.807) is 12.4 Å². The highest BCUT2D eigenvalue weighted by molar-refractivity contribution is 5.37. The topological polar surface area (TPSA) is 34.6 Å². The summed E-state index contributed by atoms with van der Waals surface area (Å²) in [6.45, 7) is 3.11. The number of piperidine rings is 1. The molecule has 4 rings (SSSR count). The number of benzene rings is 1. The van der Waals surface area contributed by atoms with Gasteiger partial charge >= 0.3 is 0 Å². The van der Waals surface area contributed by atoms with E-state index in [0.29, 0.717) is 12.2 Å². The van der Waals surface area contributed by atoms with E-state index in [1.165, 1.54) is 37.7 Å². The lowest BCUT2D eigenvalue weighted by atomic mass is 9.97. The molecule has 2 aromatic rings. The number of pyridine rings is 1. The molecule has 2 aliphatic rings. The van der Waals surface area contributed by atoms with Gasteiger partial charge in [-0.2, -0.15) is 0 Å². The van der Waals surface area contributed by atoms with Gasteiger partial charge in [0.2, 0.25) is 0 Å². The summed E-state index contributed by atoms with van der Waals surface area (Å²) < 4.78 is 12.4. The van der Waals surface area contributed by atoms with E-state index in [9.17, 15) is 0 Å². The summed E-state index contributed by atoms with van der Waals surface area (Å²) in [5.74, 6) is 1.70. The van der Waals surface area contributed by atoms with Gasteiger partial charge in [-0.3, -0.25) is 9.88 Å². The summed E-state index contributed by atoms with van der Waals surface area (Å²) in [7, 11) is 0. The van der Waals surface area contributed by atoms with E-state index >= 15 is 0 Å². The Bertz CT molecular complexity index is 693. The summed E-state index contributed by atoms with van der Waals surface area (Å²) in [4.78, 5) is 6.65. The van der Waals surface area contributed by atoms with Crippen molar-refractivity contribution in [2.45, 2.75) is 63.7 Å². The molecule has 2 heterocycles. The van der Waals surface area contributed by atoms with Crippen molar-refractivity contribution in [3.63, 3.8) is 0 Å². The molecule has 1 aliphatic heterocycles. The van der Waals surface area contributed by atoms with Crippen LogP contribution in [-0.4, -0.2) is 35.2 Å². The van der Waals surface area contributed by atoms with Crippen molar-refractivity contribution in [2.24, 2.45) is 0 Å². The molecule has 0 spiro atoms. The van der Waals surface area contributed by atoms with Crippen LogP contribution >= 0.6 is 0 Å². The third-order valence-corrected chi connectivity index (χ3v) is 5.70. The summed E-state index contributed by atoms with van der Waals surface area (Å²) in [6, 6.07) is 12.2. The maximum atomic E-state index is 6.38. The molecule has 4 heteroatoms. The molecule has 1 saturated carbocycles. The Hall–Kier alpha value is -1.91. The van der Waals surface area contributed by atoms with Crippen LogP contribution in [0.25, 0.3) is 0 Å². The molecular formula is C23H30N2O2. The Morgan fingerprint density at radius 2 is 1.67 bits per heavy atom. The highest BCUT2D eigenvalue weighted by atomic mass is 16.5. The second kappa shape index (κ2) is 9.34. The average molecular weight is 367 g/mol.